The zero-order valence-electron chi connectivity index (χ0n) is 8.44. The number of anilines is 1. The summed E-state index contributed by atoms with van der Waals surface area (Å²) in [5.74, 6) is 0.283. The first-order valence-electron chi connectivity index (χ1n) is 4.69. The van der Waals surface area contributed by atoms with Crippen molar-refractivity contribution in [1.82, 2.24) is 9.78 Å². The zero-order chi connectivity index (χ0) is 10.8. The second-order valence-corrected chi connectivity index (χ2v) is 3.51. The molecule has 0 aliphatic rings. The number of nitrogens with two attached hydrogens (primary N) is 1. The van der Waals surface area contributed by atoms with Crippen LogP contribution in [0.25, 0.3) is 0 Å². The van der Waals surface area contributed by atoms with E-state index < -0.39 is 0 Å². The van der Waals surface area contributed by atoms with E-state index in [1.165, 1.54) is 12.1 Å². The average Bonchev–Trinajstić information content (AvgIpc) is 2.56. The van der Waals surface area contributed by atoms with Gasteiger partial charge in [-0.1, -0.05) is 6.07 Å². The highest BCUT2D eigenvalue weighted by atomic mass is 19.1. The van der Waals surface area contributed by atoms with Crippen molar-refractivity contribution in [2.24, 2.45) is 0 Å². The molecule has 2 rings (SSSR count). The maximum Gasteiger partial charge on any atom is 0.145 e. The van der Waals surface area contributed by atoms with E-state index in [2.05, 4.69) is 5.10 Å². The summed E-state index contributed by atoms with van der Waals surface area (Å²) in [5.41, 5.74) is 7.46. The summed E-state index contributed by atoms with van der Waals surface area (Å²) in [6.45, 7) is 2.49. The van der Waals surface area contributed by atoms with Crippen molar-refractivity contribution in [3.63, 3.8) is 0 Å². The Morgan fingerprint density at radius 1 is 1.40 bits per heavy atom. The van der Waals surface area contributed by atoms with Gasteiger partial charge in [0, 0.05) is 6.20 Å². The summed E-state index contributed by atoms with van der Waals surface area (Å²) in [7, 11) is 0. The Balaban J connectivity index is 2.24. The van der Waals surface area contributed by atoms with Crippen molar-refractivity contribution < 1.29 is 4.39 Å². The molecule has 2 N–H and O–H groups in total. The van der Waals surface area contributed by atoms with Gasteiger partial charge in [-0.05, 0) is 36.2 Å². The maximum atomic E-state index is 12.8. The Hall–Kier alpha value is -1.84. The third kappa shape index (κ3) is 2.15. The lowest BCUT2D eigenvalue weighted by Crippen LogP contribution is -2.03. The van der Waals surface area contributed by atoms with Crippen LogP contribution < -0.4 is 5.73 Å². The molecule has 1 heterocycles. The fraction of sp³-hybridized carbons (Fsp3) is 0.182. The molecule has 0 bridgehead atoms. The first-order valence-corrected chi connectivity index (χ1v) is 4.69. The molecule has 1 aromatic carbocycles. The van der Waals surface area contributed by atoms with Crippen molar-refractivity contribution in [3.8, 4) is 0 Å². The third-order valence-electron chi connectivity index (χ3n) is 2.30. The van der Waals surface area contributed by atoms with Gasteiger partial charge in [-0.3, -0.25) is 4.68 Å². The summed E-state index contributed by atoms with van der Waals surface area (Å²) in [6.07, 6.45) is 1.80. The molecule has 0 unspecified atom stereocenters. The van der Waals surface area contributed by atoms with Gasteiger partial charge in [-0.25, -0.2) is 4.39 Å². The van der Waals surface area contributed by atoms with Gasteiger partial charge in [0.25, 0.3) is 0 Å². The quantitative estimate of drug-likeness (QED) is 0.814. The Morgan fingerprint density at radius 3 is 2.80 bits per heavy atom. The summed E-state index contributed by atoms with van der Waals surface area (Å²) in [6, 6.07) is 6.47. The molecule has 0 saturated carbocycles. The number of hydrogen-bond donors (Lipinski definition) is 1. The fourth-order valence-corrected chi connectivity index (χ4v) is 1.48. The van der Waals surface area contributed by atoms with Crippen molar-refractivity contribution in [2.75, 3.05) is 5.73 Å². The molecule has 2 aromatic rings. The molecule has 0 spiro atoms. The van der Waals surface area contributed by atoms with Crippen LogP contribution in [0.1, 0.15) is 11.1 Å². The molecule has 0 atom stereocenters. The van der Waals surface area contributed by atoms with E-state index in [0.717, 1.165) is 11.1 Å². The lowest BCUT2D eigenvalue weighted by molar-refractivity contribution is 0.622. The van der Waals surface area contributed by atoms with Gasteiger partial charge < -0.3 is 5.73 Å². The van der Waals surface area contributed by atoms with Gasteiger partial charge in [0.1, 0.15) is 11.6 Å². The number of hydrogen-bond acceptors (Lipinski definition) is 2. The summed E-state index contributed by atoms with van der Waals surface area (Å²) >= 11 is 0. The van der Waals surface area contributed by atoms with Crippen molar-refractivity contribution in [2.45, 2.75) is 13.5 Å². The van der Waals surface area contributed by atoms with E-state index >= 15 is 0 Å². The standard InChI is InChI=1S/C11H12FN3/c1-8-6-10(12)3-2-9(8)7-15-5-4-11(13)14-15/h2-6H,7H2,1H3,(H2,13,14). The SMILES string of the molecule is Cc1cc(F)ccc1Cn1ccc(N)n1. The van der Waals surface area contributed by atoms with E-state index in [1.807, 2.05) is 6.92 Å². The van der Waals surface area contributed by atoms with Crippen LogP contribution in [-0.4, -0.2) is 9.78 Å². The molecule has 78 valence electrons. The summed E-state index contributed by atoms with van der Waals surface area (Å²) < 4.78 is 14.6. The summed E-state index contributed by atoms with van der Waals surface area (Å²) in [5, 5.41) is 4.07. The first-order chi connectivity index (χ1) is 7.15. The highest BCUT2D eigenvalue weighted by Gasteiger charge is 2.01. The molecule has 0 fully saturated rings. The van der Waals surface area contributed by atoms with Crippen LogP contribution >= 0.6 is 0 Å². The smallest absolute Gasteiger partial charge is 0.145 e. The van der Waals surface area contributed by atoms with Crippen molar-refractivity contribution in [3.05, 3.63) is 47.4 Å². The number of halogens is 1. The van der Waals surface area contributed by atoms with Gasteiger partial charge in [-0.2, -0.15) is 5.10 Å². The third-order valence-corrected chi connectivity index (χ3v) is 2.30. The van der Waals surface area contributed by atoms with E-state index in [1.54, 1.807) is 23.0 Å². The average molecular weight is 205 g/mol. The maximum absolute atomic E-state index is 12.8. The van der Waals surface area contributed by atoms with Gasteiger partial charge in [-0.15, -0.1) is 0 Å². The van der Waals surface area contributed by atoms with Crippen LogP contribution in [-0.2, 0) is 6.54 Å². The van der Waals surface area contributed by atoms with E-state index in [9.17, 15) is 4.39 Å². The van der Waals surface area contributed by atoms with Crippen LogP contribution in [0.4, 0.5) is 10.2 Å². The first kappa shape index (κ1) is 9.71. The Morgan fingerprint density at radius 2 is 2.20 bits per heavy atom. The largest absolute Gasteiger partial charge is 0.382 e. The minimum atomic E-state index is -0.212. The topological polar surface area (TPSA) is 43.8 Å². The summed E-state index contributed by atoms with van der Waals surface area (Å²) in [4.78, 5) is 0. The number of nitrogen functional groups attached to an aromatic ring is 1. The highest BCUT2D eigenvalue weighted by Crippen LogP contribution is 2.11. The molecule has 0 aliphatic carbocycles. The van der Waals surface area contributed by atoms with Crippen LogP contribution in [0.2, 0.25) is 0 Å². The number of aryl methyl sites for hydroxylation is 1. The molecule has 0 aliphatic heterocycles. The minimum absolute atomic E-state index is 0.212. The van der Waals surface area contributed by atoms with Crippen LogP contribution in [0.3, 0.4) is 0 Å². The van der Waals surface area contributed by atoms with E-state index in [4.69, 9.17) is 5.73 Å². The number of benzene rings is 1. The predicted molar refractivity (Wildman–Crippen MR) is 56.9 cm³/mol. The lowest BCUT2D eigenvalue weighted by atomic mass is 10.1. The van der Waals surface area contributed by atoms with Gasteiger partial charge >= 0.3 is 0 Å². The molecule has 0 radical (unpaired) electrons. The Bertz CT molecular complexity index is 476. The van der Waals surface area contributed by atoms with Gasteiger partial charge in [0.2, 0.25) is 0 Å². The van der Waals surface area contributed by atoms with E-state index in [-0.39, 0.29) is 5.82 Å². The van der Waals surface area contributed by atoms with Crippen molar-refractivity contribution in [1.29, 1.82) is 0 Å². The molecule has 3 nitrogen and oxygen atoms in total. The molecular formula is C11H12FN3. The van der Waals surface area contributed by atoms with Crippen LogP contribution in [0.15, 0.2) is 30.5 Å². The van der Waals surface area contributed by atoms with Crippen molar-refractivity contribution >= 4 is 5.82 Å². The highest BCUT2D eigenvalue weighted by molar-refractivity contribution is 5.28. The Labute approximate surface area is 87.3 Å². The van der Waals surface area contributed by atoms with Crippen LogP contribution in [0, 0.1) is 12.7 Å². The fourth-order valence-electron chi connectivity index (χ4n) is 1.48. The number of aromatic nitrogens is 2. The second-order valence-electron chi connectivity index (χ2n) is 3.51. The monoisotopic (exact) mass is 205 g/mol. The molecule has 4 heteroatoms. The number of rotatable bonds is 2. The van der Waals surface area contributed by atoms with Gasteiger partial charge in [0.15, 0.2) is 0 Å². The van der Waals surface area contributed by atoms with Gasteiger partial charge in [0.05, 0.1) is 6.54 Å². The molecule has 1 aromatic heterocycles. The minimum Gasteiger partial charge on any atom is -0.382 e. The van der Waals surface area contributed by atoms with Crippen LogP contribution in [0.5, 0.6) is 0 Å². The zero-order valence-corrected chi connectivity index (χ0v) is 8.44. The second kappa shape index (κ2) is 3.73. The Kier molecular flexibility index (Phi) is 2.41. The van der Waals surface area contributed by atoms with E-state index in [0.29, 0.717) is 12.4 Å². The normalized spacial score (nSPS) is 10.5. The number of nitrogens with zero attached hydrogens (tertiary/aromatic N) is 2. The molecule has 15 heavy (non-hydrogen) atoms. The molecular weight excluding hydrogens is 193 g/mol. The molecule has 0 saturated heterocycles. The predicted octanol–water partition coefficient (Wildman–Crippen LogP) is 1.96. The molecule has 0 amide bonds. The lowest BCUT2D eigenvalue weighted by Gasteiger charge is -2.05.